The molecule has 0 fully saturated rings. The highest BCUT2D eigenvalue weighted by Crippen LogP contribution is 2.19. The van der Waals surface area contributed by atoms with Crippen molar-refractivity contribution in [2.24, 2.45) is 0 Å². The zero-order valence-corrected chi connectivity index (χ0v) is 9.32. The fourth-order valence-corrected chi connectivity index (χ4v) is 1.96. The first kappa shape index (κ1) is 11.2. The highest BCUT2D eigenvalue weighted by Gasteiger charge is 2.11. The molecular formula is C9H9ClO3S. The maximum absolute atomic E-state index is 11.2. The van der Waals surface area contributed by atoms with E-state index < -0.39 is 9.84 Å². The van der Waals surface area contributed by atoms with Crippen LogP contribution in [0.2, 0.25) is 5.02 Å². The van der Waals surface area contributed by atoms with E-state index in [9.17, 15) is 13.2 Å². The van der Waals surface area contributed by atoms with E-state index in [4.69, 9.17) is 11.6 Å². The number of sulfone groups is 1. The Balaban J connectivity index is 3.43. The van der Waals surface area contributed by atoms with Gasteiger partial charge in [0.05, 0.1) is 4.90 Å². The first-order valence-electron chi connectivity index (χ1n) is 3.82. The molecule has 0 atom stereocenters. The molecule has 14 heavy (non-hydrogen) atoms. The molecule has 0 N–H and O–H groups in total. The van der Waals surface area contributed by atoms with E-state index >= 15 is 0 Å². The monoisotopic (exact) mass is 232 g/mol. The summed E-state index contributed by atoms with van der Waals surface area (Å²) in [4.78, 5) is 11.1. The van der Waals surface area contributed by atoms with Crippen molar-refractivity contribution < 1.29 is 13.2 Å². The minimum absolute atomic E-state index is 0.0650. The first-order chi connectivity index (χ1) is 6.30. The van der Waals surface area contributed by atoms with Gasteiger partial charge in [-0.15, -0.1) is 0 Å². The van der Waals surface area contributed by atoms with Crippen molar-refractivity contribution >= 4 is 27.2 Å². The van der Waals surface area contributed by atoms with Crippen LogP contribution in [0.4, 0.5) is 0 Å². The molecule has 5 heteroatoms. The van der Waals surface area contributed by atoms with E-state index in [0.29, 0.717) is 5.56 Å². The Kier molecular flexibility index (Phi) is 2.97. The van der Waals surface area contributed by atoms with Gasteiger partial charge in [-0.2, -0.15) is 0 Å². The van der Waals surface area contributed by atoms with Gasteiger partial charge in [-0.1, -0.05) is 11.6 Å². The SMILES string of the molecule is CC(=O)c1cc(Cl)cc(S(C)(=O)=O)c1. The predicted octanol–water partition coefficient (Wildman–Crippen LogP) is 1.95. The Morgan fingerprint density at radius 2 is 1.86 bits per heavy atom. The van der Waals surface area contributed by atoms with E-state index in [1.54, 1.807) is 0 Å². The zero-order valence-electron chi connectivity index (χ0n) is 7.74. The predicted molar refractivity (Wildman–Crippen MR) is 54.6 cm³/mol. The number of halogens is 1. The highest BCUT2D eigenvalue weighted by atomic mass is 35.5. The lowest BCUT2D eigenvalue weighted by Gasteiger charge is -2.02. The molecule has 1 aromatic rings. The number of Topliss-reactive ketones (excluding diaryl/α,β-unsaturated/α-hetero) is 1. The molecule has 0 spiro atoms. The van der Waals surface area contributed by atoms with Gasteiger partial charge in [-0.3, -0.25) is 4.79 Å². The number of hydrogen-bond acceptors (Lipinski definition) is 3. The number of rotatable bonds is 2. The van der Waals surface area contributed by atoms with Crippen molar-refractivity contribution in [3.8, 4) is 0 Å². The molecular weight excluding hydrogens is 224 g/mol. The molecule has 1 aromatic carbocycles. The van der Waals surface area contributed by atoms with E-state index in [-0.39, 0.29) is 15.7 Å². The van der Waals surface area contributed by atoms with Crippen LogP contribution < -0.4 is 0 Å². The maximum Gasteiger partial charge on any atom is 0.175 e. The molecule has 3 nitrogen and oxygen atoms in total. The maximum atomic E-state index is 11.2. The number of carbonyl (C=O) groups excluding carboxylic acids is 1. The van der Waals surface area contributed by atoms with Crippen LogP contribution in [0.25, 0.3) is 0 Å². The summed E-state index contributed by atoms with van der Waals surface area (Å²) in [6.07, 6.45) is 1.07. The van der Waals surface area contributed by atoms with Gasteiger partial charge < -0.3 is 0 Å². The summed E-state index contributed by atoms with van der Waals surface area (Å²) in [6, 6.07) is 4.09. The number of ketones is 1. The molecule has 0 aliphatic rings. The van der Waals surface area contributed by atoms with Crippen LogP contribution in [0, 0.1) is 0 Å². The molecule has 0 aromatic heterocycles. The van der Waals surface area contributed by atoms with E-state index in [0.717, 1.165) is 6.26 Å². The van der Waals surface area contributed by atoms with Gasteiger partial charge in [0, 0.05) is 16.8 Å². The summed E-state index contributed by atoms with van der Waals surface area (Å²) in [5.74, 6) is -0.211. The summed E-state index contributed by atoms with van der Waals surface area (Å²) in [5, 5.41) is 0.248. The molecule has 0 bridgehead atoms. The second-order valence-electron chi connectivity index (χ2n) is 3.00. The lowest BCUT2D eigenvalue weighted by atomic mass is 10.1. The number of carbonyl (C=O) groups is 1. The summed E-state index contributed by atoms with van der Waals surface area (Å²) in [6.45, 7) is 1.36. The average Bonchev–Trinajstić information content (AvgIpc) is 2.01. The number of hydrogen-bond donors (Lipinski definition) is 0. The lowest BCUT2D eigenvalue weighted by Crippen LogP contribution is -2.00. The van der Waals surface area contributed by atoms with Crippen LogP contribution >= 0.6 is 11.6 Å². The van der Waals surface area contributed by atoms with Crippen LogP contribution in [0.5, 0.6) is 0 Å². The van der Waals surface area contributed by atoms with Crippen molar-refractivity contribution in [3.05, 3.63) is 28.8 Å². The minimum atomic E-state index is -3.32. The van der Waals surface area contributed by atoms with Gasteiger partial charge in [0.15, 0.2) is 15.6 Å². The molecule has 0 saturated heterocycles. The van der Waals surface area contributed by atoms with Crippen molar-refractivity contribution in [1.29, 1.82) is 0 Å². The fourth-order valence-electron chi connectivity index (χ4n) is 0.980. The Morgan fingerprint density at radius 1 is 1.29 bits per heavy atom. The van der Waals surface area contributed by atoms with Gasteiger partial charge >= 0.3 is 0 Å². The van der Waals surface area contributed by atoms with Crippen LogP contribution in [0.15, 0.2) is 23.1 Å². The van der Waals surface area contributed by atoms with Gasteiger partial charge in [-0.05, 0) is 25.1 Å². The van der Waals surface area contributed by atoms with E-state index in [1.165, 1.54) is 25.1 Å². The Labute approximate surface area is 87.6 Å². The quantitative estimate of drug-likeness (QED) is 0.733. The van der Waals surface area contributed by atoms with Crippen LogP contribution in [0.1, 0.15) is 17.3 Å². The fraction of sp³-hybridized carbons (Fsp3) is 0.222. The lowest BCUT2D eigenvalue weighted by molar-refractivity contribution is 0.101. The normalized spacial score (nSPS) is 11.4. The third-order valence-corrected chi connectivity index (χ3v) is 3.02. The first-order valence-corrected chi connectivity index (χ1v) is 6.09. The largest absolute Gasteiger partial charge is 0.295 e. The topological polar surface area (TPSA) is 51.2 Å². The highest BCUT2D eigenvalue weighted by molar-refractivity contribution is 7.90. The summed E-state index contributed by atoms with van der Waals surface area (Å²) >= 11 is 5.68. The molecule has 0 amide bonds. The van der Waals surface area contributed by atoms with Crippen molar-refractivity contribution in [3.63, 3.8) is 0 Å². The average molecular weight is 233 g/mol. The molecule has 0 saturated carbocycles. The van der Waals surface area contributed by atoms with E-state index in [1.807, 2.05) is 0 Å². The van der Waals surface area contributed by atoms with Crippen molar-refractivity contribution in [2.45, 2.75) is 11.8 Å². The van der Waals surface area contributed by atoms with Gasteiger partial charge in [0.2, 0.25) is 0 Å². The third-order valence-electron chi connectivity index (χ3n) is 1.71. The molecule has 1 rings (SSSR count). The smallest absolute Gasteiger partial charge is 0.175 e. The molecule has 76 valence electrons. The minimum Gasteiger partial charge on any atom is -0.295 e. The van der Waals surface area contributed by atoms with Gasteiger partial charge in [0.1, 0.15) is 0 Å². The summed E-state index contributed by atoms with van der Waals surface area (Å²) in [7, 11) is -3.32. The zero-order chi connectivity index (χ0) is 10.9. The van der Waals surface area contributed by atoms with E-state index in [2.05, 4.69) is 0 Å². The summed E-state index contributed by atoms with van der Waals surface area (Å²) < 4.78 is 22.4. The number of benzene rings is 1. The Hall–Kier alpha value is -0.870. The molecule has 0 unspecified atom stereocenters. The third kappa shape index (κ3) is 2.56. The van der Waals surface area contributed by atoms with Crippen molar-refractivity contribution in [2.75, 3.05) is 6.26 Å². The van der Waals surface area contributed by atoms with Crippen LogP contribution in [0.3, 0.4) is 0 Å². The second-order valence-corrected chi connectivity index (χ2v) is 5.46. The molecule has 0 heterocycles. The van der Waals surface area contributed by atoms with Gasteiger partial charge in [-0.25, -0.2) is 8.42 Å². The van der Waals surface area contributed by atoms with Crippen LogP contribution in [-0.2, 0) is 9.84 Å². The Bertz CT molecular complexity index is 477. The van der Waals surface area contributed by atoms with Gasteiger partial charge in [0.25, 0.3) is 0 Å². The molecule has 0 radical (unpaired) electrons. The Morgan fingerprint density at radius 3 is 2.29 bits per heavy atom. The molecule has 0 aliphatic carbocycles. The summed E-state index contributed by atoms with van der Waals surface area (Å²) in [5.41, 5.74) is 0.304. The van der Waals surface area contributed by atoms with Crippen LogP contribution in [-0.4, -0.2) is 20.5 Å². The van der Waals surface area contributed by atoms with Crippen molar-refractivity contribution in [1.82, 2.24) is 0 Å². The molecule has 0 aliphatic heterocycles. The standard InChI is InChI=1S/C9H9ClO3S/c1-6(11)7-3-8(10)5-9(4-7)14(2,12)13/h3-5H,1-2H3. The second kappa shape index (κ2) is 3.71.